The normalized spacial score (nSPS) is 19.0. The van der Waals surface area contributed by atoms with Crippen LogP contribution in [0.25, 0.3) is 0 Å². The molecule has 13 heavy (non-hydrogen) atoms. The van der Waals surface area contributed by atoms with Gasteiger partial charge in [-0.1, -0.05) is 0 Å². The third kappa shape index (κ3) is 4.27. The van der Waals surface area contributed by atoms with Crippen molar-refractivity contribution in [3.8, 4) is 0 Å². The maximum Gasteiger partial charge on any atom is 0.220 e. The van der Waals surface area contributed by atoms with Gasteiger partial charge in [-0.3, -0.25) is 4.79 Å². The van der Waals surface area contributed by atoms with E-state index in [0.717, 1.165) is 25.9 Å². The van der Waals surface area contributed by atoms with Gasteiger partial charge in [0.05, 0.1) is 0 Å². The van der Waals surface area contributed by atoms with Crippen LogP contribution in [-0.2, 0) is 4.79 Å². The summed E-state index contributed by atoms with van der Waals surface area (Å²) in [6.45, 7) is 6.14. The van der Waals surface area contributed by atoms with Gasteiger partial charge in [0.15, 0.2) is 0 Å². The molecule has 1 aliphatic heterocycles. The number of nitrogens with one attached hydrogen (secondary N) is 2. The first-order valence-corrected chi connectivity index (χ1v) is 5.18. The minimum atomic E-state index is 0.210. The summed E-state index contributed by atoms with van der Waals surface area (Å²) in [5.41, 5.74) is 0. The Morgan fingerprint density at radius 1 is 1.46 bits per heavy atom. The standard InChI is InChI=1S/C10H20N2O/c1-8(2)12-10(13)7-9-3-5-11-6-4-9/h8-9,11H,3-7H2,1-2H3,(H,12,13). The zero-order chi connectivity index (χ0) is 9.68. The molecule has 76 valence electrons. The Balaban J connectivity index is 2.18. The molecule has 0 aromatic rings. The van der Waals surface area contributed by atoms with Gasteiger partial charge in [0.2, 0.25) is 5.91 Å². The average molecular weight is 184 g/mol. The summed E-state index contributed by atoms with van der Waals surface area (Å²) in [5, 5.41) is 6.23. The van der Waals surface area contributed by atoms with E-state index < -0.39 is 0 Å². The fourth-order valence-corrected chi connectivity index (χ4v) is 1.73. The molecule has 0 atom stereocenters. The summed E-state index contributed by atoms with van der Waals surface area (Å²) in [6.07, 6.45) is 3.00. The molecule has 0 spiro atoms. The van der Waals surface area contributed by atoms with Crippen LogP contribution in [-0.4, -0.2) is 25.0 Å². The van der Waals surface area contributed by atoms with Crippen LogP contribution in [0, 0.1) is 5.92 Å². The number of hydrogen-bond acceptors (Lipinski definition) is 2. The van der Waals surface area contributed by atoms with Crippen LogP contribution in [0.1, 0.15) is 33.1 Å². The van der Waals surface area contributed by atoms with Crippen LogP contribution in [0.15, 0.2) is 0 Å². The predicted octanol–water partition coefficient (Wildman–Crippen LogP) is 0.901. The molecule has 0 aromatic carbocycles. The van der Waals surface area contributed by atoms with E-state index in [1.165, 1.54) is 0 Å². The van der Waals surface area contributed by atoms with E-state index in [9.17, 15) is 4.79 Å². The Hall–Kier alpha value is -0.570. The van der Waals surface area contributed by atoms with Crippen LogP contribution in [0.5, 0.6) is 0 Å². The maximum atomic E-state index is 11.4. The average Bonchev–Trinajstić information content (AvgIpc) is 2.04. The first kappa shape index (κ1) is 10.5. The van der Waals surface area contributed by atoms with Gasteiger partial charge in [-0.2, -0.15) is 0 Å². The van der Waals surface area contributed by atoms with Crippen LogP contribution in [0.3, 0.4) is 0 Å². The zero-order valence-corrected chi connectivity index (χ0v) is 8.60. The van der Waals surface area contributed by atoms with Crippen LogP contribution >= 0.6 is 0 Å². The fourth-order valence-electron chi connectivity index (χ4n) is 1.73. The topological polar surface area (TPSA) is 41.1 Å². The molecule has 0 aliphatic carbocycles. The molecule has 0 saturated carbocycles. The molecule has 2 N–H and O–H groups in total. The van der Waals surface area contributed by atoms with E-state index in [0.29, 0.717) is 12.3 Å². The molecule has 3 nitrogen and oxygen atoms in total. The minimum Gasteiger partial charge on any atom is -0.354 e. The number of hydrogen-bond donors (Lipinski definition) is 2. The van der Waals surface area contributed by atoms with Gasteiger partial charge in [0, 0.05) is 12.5 Å². The van der Waals surface area contributed by atoms with Crippen LogP contribution < -0.4 is 10.6 Å². The highest BCUT2D eigenvalue weighted by Crippen LogP contribution is 2.15. The predicted molar refractivity (Wildman–Crippen MR) is 53.5 cm³/mol. The highest BCUT2D eigenvalue weighted by molar-refractivity contribution is 5.76. The van der Waals surface area contributed by atoms with E-state index in [1.807, 2.05) is 13.8 Å². The van der Waals surface area contributed by atoms with Crippen molar-refractivity contribution in [1.29, 1.82) is 0 Å². The van der Waals surface area contributed by atoms with Gasteiger partial charge in [-0.05, 0) is 45.7 Å². The molecule has 0 unspecified atom stereocenters. The highest BCUT2D eigenvalue weighted by Gasteiger charge is 2.16. The zero-order valence-electron chi connectivity index (χ0n) is 8.60. The first-order chi connectivity index (χ1) is 6.18. The summed E-state index contributed by atoms with van der Waals surface area (Å²) in [7, 11) is 0. The van der Waals surface area contributed by atoms with E-state index in [1.54, 1.807) is 0 Å². The molecule has 1 fully saturated rings. The lowest BCUT2D eigenvalue weighted by molar-refractivity contribution is -0.122. The first-order valence-electron chi connectivity index (χ1n) is 5.18. The van der Waals surface area contributed by atoms with Crippen molar-refractivity contribution in [2.75, 3.05) is 13.1 Å². The molecular weight excluding hydrogens is 164 g/mol. The molecule has 0 aromatic heterocycles. The lowest BCUT2D eigenvalue weighted by atomic mass is 9.94. The Labute approximate surface area is 80.3 Å². The molecule has 0 radical (unpaired) electrons. The van der Waals surface area contributed by atoms with Crippen LogP contribution in [0.2, 0.25) is 0 Å². The van der Waals surface area contributed by atoms with Gasteiger partial charge in [-0.15, -0.1) is 0 Å². The van der Waals surface area contributed by atoms with Crippen molar-refractivity contribution < 1.29 is 4.79 Å². The summed E-state index contributed by atoms with van der Waals surface area (Å²) >= 11 is 0. The molecule has 1 heterocycles. The Morgan fingerprint density at radius 3 is 2.62 bits per heavy atom. The molecule has 3 heteroatoms. The summed E-state index contributed by atoms with van der Waals surface area (Å²) in [4.78, 5) is 11.4. The second-order valence-corrected chi connectivity index (χ2v) is 4.12. The Morgan fingerprint density at radius 2 is 2.08 bits per heavy atom. The SMILES string of the molecule is CC(C)NC(=O)CC1CCNCC1. The molecule has 1 aliphatic rings. The second-order valence-electron chi connectivity index (χ2n) is 4.12. The quantitative estimate of drug-likeness (QED) is 0.684. The number of carbonyl (C=O) groups is 1. The molecular formula is C10H20N2O. The van der Waals surface area contributed by atoms with Crippen molar-refractivity contribution >= 4 is 5.91 Å². The molecule has 0 bridgehead atoms. The summed E-state index contributed by atoms with van der Waals surface area (Å²) < 4.78 is 0. The monoisotopic (exact) mass is 184 g/mol. The van der Waals surface area contributed by atoms with Gasteiger partial charge in [0.25, 0.3) is 0 Å². The smallest absolute Gasteiger partial charge is 0.220 e. The number of amides is 1. The van der Waals surface area contributed by atoms with Crippen LogP contribution in [0.4, 0.5) is 0 Å². The van der Waals surface area contributed by atoms with E-state index in [2.05, 4.69) is 10.6 Å². The summed E-state index contributed by atoms with van der Waals surface area (Å²) in [5.74, 6) is 0.807. The Bertz CT molecular complexity index is 162. The third-order valence-corrected chi connectivity index (χ3v) is 2.38. The number of carbonyl (C=O) groups excluding carboxylic acids is 1. The van der Waals surface area contributed by atoms with Crippen molar-refractivity contribution in [1.82, 2.24) is 10.6 Å². The molecule has 1 rings (SSSR count). The minimum absolute atomic E-state index is 0.210. The Kier molecular flexibility index (Phi) is 4.22. The van der Waals surface area contributed by atoms with E-state index >= 15 is 0 Å². The number of piperidine rings is 1. The van der Waals surface area contributed by atoms with Gasteiger partial charge < -0.3 is 10.6 Å². The largest absolute Gasteiger partial charge is 0.354 e. The van der Waals surface area contributed by atoms with Gasteiger partial charge in [-0.25, -0.2) is 0 Å². The number of rotatable bonds is 3. The van der Waals surface area contributed by atoms with Crippen molar-refractivity contribution in [2.45, 2.75) is 39.2 Å². The van der Waals surface area contributed by atoms with Crippen molar-refractivity contribution in [3.05, 3.63) is 0 Å². The molecule has 1 saturated heterocycles. The second kappa shape index (κ2) is 5.22. The van der Waals surface area contributed by atoms with Crippen molar-refractivity contribution in [2.24, 2.45) is 5.92 Å². The third-order valence-electron chi connectivity index (χ3n) is 2.38. The van der Waals surface area contributed by atoms with Gasteiger partial charge in [0.1, 0.15) is 0 Å². The van der Waals surface area contributed by atoms with E-state index in [4.69, 9.17) is 0 Å². The van der Waals surface area contributed by atoms with Gasteiger partial charge >= 0.3 is 0 Å². The van der Waals surface area contributed by atoms with Crippen molar-refractivity contribution in [3.63, 3.8) is 0 Å². The molecule has 1 amide bonds. The lowest BCUT2D eigenvalue weighted by Gasteiger charge is -2.22. The lowest BCUT2D eigenvalue weighted by Crippen LogP contribution is -2.34. The highest BCUT2D eigenvalue weighted by atomic mass is 16.1. The maximum absolute atomic E-state index is 11.4. The fraction of sp³-hybridized carbons (Fsp3) is 0.900. The summed E-state index contributed by atoms with van der Waals surface area (Å²) in [6, 6.07) is 0.272. The van der Waals surface area contributed by atoms with E-state index in [-0.39, 0.29) is 11.9 Å².